The zero-order valence-corrected chi connectivity index (χ0v) is 14.8. The van der Waals surface area contributed by atoms with Crippen molar-refractivity contribution in [3.05, 3.63) is 34.6 Å². The SMILES string of the molecule is CCC(C)NC(=O)C(C)Sc1nc2ccccc2c(=O)n1CC. The van der Waals surface area contributed by atoms with E-state index in [0.29, 0.717) is 22.6 Å². The molecule has 0 saturated heterocycles. The fourth-order valence-electron chi connectivity index (χ4n) is 2.19. The van der Waals surface area contributed by atoms with Gasteiger partial charge in [-0.1, -0.05) is 30.8 Å². The van der Waals surface area contributed by atoms with Crippen molar-refractivity contribution in [2.24, 2.45) is 0 Å². The van der Waals surface area contributed by atoms with Crippen LogP contribution in [0.25, 0.3) is 10.9 Å². The van der Waals surface area contributed by atoms with Crippen LogP contribution in [0.4, 0.5) is 0 Å². The van der Waals surface area contributed by atoms with Crippen LogP contribution in [0.3, 0.4) is 0 Å². The van der Waals surface area contributed by atoms with Gasteiger partial charge in [0, 0.05) is 12.6 Å². The molecule has 0 aliphatic heterocycles. The summed E-state index contributed by atoms with van der Waals surface area (Å²) in [6.45, 7) is 8.28. The Bertz CT molecular complexity index is 757. The van der Waals surface area contributed by atoms with E-state index in [4.69, 9.17) is 0 Å². The molecule has 2 unspecified atom stereocenters. The Hall–Kier alpha value is -1.82. The van der Waals surface area contributed by atoms with Crippen LogP contribution in [0.2, 0.25) is 0 Å². The highest BCUT2D eigenvalue weighted by atomic mass is 32.2. The smallest absolute Gasteiger partial charge is 0.262 e. The molecule has 6 heteroatoms. The predicted octanol–water partition coefficient (Wildman–Crippen LogP) is 2.81. The van der Waals surface area contributed by atoms with Crippen LogP contribution in [0, 0.1) is 0 Å². The molecule has 0 spiro atoms. The molecule has 0 fully saturated rings. The van der Waals surface area contributed by atoms with Crippen molar-refractivity contribution in [3.8, 4) is 0 Å². The summed E-state index contributed by atoms with van der Waals surface area (Å²) in [7, 11) is 0. The maximum absolute atomic E-state index is 12.6. The Morgan fingerprint density at radius 3 is 2.65 bits per heavy atom. The van der Waals surface area contributed by atoms with Crippen LogP contribution in [0.1, 0.15) is 34.1 Å². The molecule has 0 bridgehead atoms. The molecule has 1 amide bonds. The molecular formula is C17H23N3O2S. The van der Waals surface area contributed by atoms with E-state index in [2.05, 4.69) is 10.3 Å². The lowest BCUT2D eigenvalue weighted by molar-refractivity contribution is -0.120. The number of rotatable bonds is 6. The summed E-state index contributed by atoms with van der Waals surface area (Å²) in [5.41, 5.74) is 0.606. The second-order valence-electron chi connectivity index (χ2n) is 5.54. The van der Waals surface area contributed by atoms with E-state index in [1.165, 1.54) is 11.8 Å². The third-order valence-corrected chi connectivity index (χ3v) is 4.89. The summed E-state index contributed by atoms with van der Waals surface area (Å²) in [5.74, 6) is -0.0330. The third kappa shape index (κ3) is 3.93. The summed E-state index contributed by atoms with van der Waals surface area (Å²) < 4.78 is 1.63. The number of nitrogens with one attached hydrogen (secondary N) is 1. The second kappa shape index (κ2) is 7.64. The van der Waals surface area contributed by atoms with Crippen molar-refractivity contribution in [2.45, 2.75) is 57.1 Å². The van der Waals surface area contributed by atoms with E-state index < -0.39 is 0 Å². The van der Waals surface area contributed by atoms with Gasteiger partial charge in [-0.2, -0.15) is 0 Å². The number of benzene rings is 1. The predicted molar refractivity (Wildman–Crippen MR) is 94.9 cm³/mol. The first-order valence-electron chi connectivity index (χ1n) is 7.94. The zero-order chi connectivity index (χ0) is 17.0. The van der Waals surface area contributed by atoms with Gasteiger partial charge in [-0.25, -0.2) is 4.98 Å². The van der Waals surface area contributed by atoms with Crippen LogP contribution < -0.4 is 10.9 Å². The fourth-order valence-corrected chi connectivity index (χ4v) is 3.17. The number of hydrogen-bond donors (Lipinski definition) is 1. The molecule has 1 aromatic heterocycles. The monoisotopic (exact) mass is 333 g/mol. The van der Waals surface area contributed by atoms with Crippen LogP contribution in [-0.2, 0) is 11.3 Å². The van der Waals surface area contributed by atoms with Crippen LogP contribution in [0.15, 0.2) is 34.2 Å². The molecule has 0 aliphatic rings. The number of amides is 1. The summed E-state index contributed by atoms with van der Waals surface area (Å²) in [4.78, 5) is 29.4. The Balaban J connectivity index is 2.32. The lowest BCUT2D eigenvalue weighted by atomic mass is 10.2. The number of carbonyl (C=O) groups is 1. The van der Waals surface area contributed by atoms with Gasteiger partial charge in [0.2, 0.25) is 5.91 Å². The number of aromatic nitrogens is 2. The topological polar surface area (TPSA) is 64.0 Å². The Kier molecular flexibility index (Phi) is 5.82. The van der Waals surface area contributed by atoms with Gasteiger partial charge in [-0.3, -0.25) is 14.2 Å². The quantitative estimate of drug-likeness (QED) is 0.652. The molecule has 0 saturated carbocycles. The molecule has 124 valence electrons. The minimum absolute atomic E-state index is 0.0330. The summed E-state index contributed by atoms with van der Waals surface area (Å²) >= 11 is 1.32. The summed E-state index contributed by atoms with van der Waals surface area (Å²) in [6.07, 6.45) is 0.886. The normalized spacial score (nSPS) is 13.7. The van der Waals surface area contributed by atoms with E-state index in [1.54, 1.807) is 10.6 Å². The number of nitrogens with zero attached hydrogens (tertiary/aromatic N) is 2. The first-order chi connectivity index (χ1) is 11.0. The minimum Gasteiger partial charge on any atom is -0.353 e. The lowest BCUT2D eigenvalue weighted by Crippen LogP contribution is -2.37. The minimum atomic E-state index is -0.310. The van der Waals surface area contributed by atoms with E-state index >= 15 is 0 Å². The molecule has 1 heterocycles. The first kappa shape index (κ1) is 17.5. The Morgan fingerprint density at radius 2 is 2.00 bits per heavy atom. The number of para-hydroxylation sites is 1. The maximum Gasteiger partial charge on any atom is 0.262 e. The van der Waals surface area contributed by atoms with Crippen LogP contribution in [0.5, 0.6) is 0 Å². The van der Waals surface area contributed by atoms with Gasteiger partial charge in [0.25, 0.3) is 5.56 Å². The van der Waals surface area contributed by atoms with Crippen molar-refractivity contribution in [1.82, 2.24) is 14.9 Å². The van der Waals surface area contributed by atoms with Crippen molar-refractivity contribution < 1.29 is 4.79 Å². The summed E-state index contributed by atoms with van der Waals surface area (Å²) in [5, 5.41) is 3.85. The standard InChI is InChI=1S/C17H23N3O2S/c1-5-11(3)18-15(21)12(4)23-17-19-14-10-8-7-9-13(14)16(22)20(17)6-2/h7-12H,5-6H2,1-4H3,(H,18,21). The van der Waals surface area contributed by atoms with Gasteiger partial charge < -0.3 is 5.32 Å². The highest BCUT2D eigenvalue weighted by molar-refractivity contribution is 8.00. The average Bonchev–Trinajstić information content (AvgIpc) is 2.55. The van der Waals surface area contributed by atoms with Crippen molar-refractivity contribution in [1.29, 1.82) is 0 Å². The van der Waals surface area contributed by atoms with Gasteiger partial charge in [-0.05, 0) is 39.3 Å². The molecular weight excluding hydrogens is 310 g/mol. The van der Waals surface area contributed by atoms with Crippen LogP contribution in [-0.4, -0.2) is 26.8 Å². The lowest BCUT2D eigenvalue weighted by Gasteiger charge is -2.17. The number of carbonyl (C=O) groups excluding carboxylic acids is 1. The summed E-state index contributed by atoms with van der Waals surface area (Å²) in [6, 6.07) is 7.44. The van der Waals surface area contributed by atoms with E-state index in [1.807, 2.05) is 45.9 Å². The zero-order valence-electron chi connectivity index (χ0n) is 14.0. The van der Waals surface area contributed by atoms with E-state index in [9.17, 15) is 9.59 Å². The van der Waals surface area contributed by atoms with Gasteiger partial charge in [0.1, 0.15) is 0 Å². The van der Waals surface area contributed by atoms with Crippen LogP contribution >= 0.6 is 11.8 Å². The number of fused-ring (bicyclic) bond motifs is 1. The fraction of sp³-hybridized carbons (Fsp3) is 0.471. The van der Waals surface area contributed by atoms with Gasteiger partial charge in [0.15, 0.2) is 5.16 Å². The molecule has 0 radical (unpaired) electrons. The molecule has 0 aliphatic carbocycles. The van der Waals surface area contributed by atoms with Crippen molar-refractivity contribution in [3.63, 3.8) is 0 Å². The molecule has 5 nitrogen and oxygen atoms in total. The maximum atomic E-state index is 12.6. The molecule has 1 aromatic carbocycles. The highest BCUT2D eigenvalue weighted by Crippen LogP contribution is 2.22. The van der Waals surface area contributed by atoms with E-state index in [0.717, 1.165) is 6.42 Å². The van der Waals surface area contributed by atoms with E-state index in [-0.39, 0.29) is 22.8 Å². The van der Waals surface area contributed by atoms with Crippen molar-refractivity contribution in [2.75, 3.05) is 0 Å². The second-order valence-corrected chi connectivity index (χ2v) is 6.85. The molecule has 2 rings (SSSR count). The molecule has 2 aromatic rings. The van der Waals surface area contributed by atoms with Gasteiger partial charge in [0.05, 0.1) is 16.2 Å². The number of thioether (sulfide) groups is 1. The molecule has 23 heavy (non-hydrogen) atoms. The van der Waals surface area contributed by atoms with Gasteiger partial charge >= 0.3 is 0 Å². The largest absolute Gasteiger partial charge is 0.353 e. The highest BCUT2D eigenvalue weighted by Gasteiger charge is 2.19. The third-order valence-electron chi connectivity index (χ3n) is 3.80. The molecule has 2 atom stereocenters. The van der Waals surface area contributed by atoms with Gasteiger partial charge in [-0.15, -0.1) is 0 Å². The Morgan fingerprint density at radius 1 is 1.30 bits per heavy atom. The first-order valence-corrected chi connectivity index (χ1v) is 8.82. The molecule has 1 N–H and O–H groups in total. The number of hydrogen-bond acceptors (Lipinski definition) is 4. The van der Waals surface area contributed by atoms with Crippen molar-refractivity contribution >= 4 is 28.6 Å². The Labute approximate surface area is 140 Å². The average molecular weight is 333 g/mol.